The molecule has 0 aliphatic carbocycles. The van der Waals surface area contributed by atoms with Crippen LogP contribution in [0.2, 0.25) is 0 Å². The third-order valence-corrected chi connectivity index (χ3v) is 6.53. The van der Waals surface area contributed by atoms with Gasteiger partial charge in [-0.25, -0.2) is 0 Å². The molecule has 0 radical (unpaired) electrons. The molecule has 0 bridgehead atoms. The molecular formula is C4H4Cl3NZr. The van der Waals surface area contributed by atoms with E-state index in [4.69, 9.17) is 25.5 Å². The predicted octanol–water partition coefficient (Wildman–Crippen LogP) is 2.87. The van der Waals surface area contributed by atoms with Crippen LogP contribution < -0.4 is 0 Å². The van der Waals surface area contributed by atoms with Crippen LogP contribution in [0.15, 0.2) is 24.5 Å². The van der Waals surface area contributed by atoms with Crippen LogP contribution in [-0.4, -0.2) is 2.51 Å². The Kier molecular flexibility index (Phi) is 2.67. The Morgan fingerprint density at radius 2 is 1.44 bits per heavy atom. The van der Waals surface area contributed by atoms with E-state index >= 15 is 0 Å². The fraction of sp³-hybridized carbons (Fsp3) is 0. The van der Waals surface area contributed by atoms with Crippen molar-refractivity contribution in [3.63, 3.8) is 0 Å². The second kappa shape index (κ2) is 2.96. The summed E-state index contributed by atoms with van der Waals surface area (Å²) in [6, 6.07) is 3.69. The second-order valence-corrected chi connectivity index (χ2v) is 18.3. The van der Waals surface area contributed by atoms with Crippen LogP contribution in [0, 0.1) is 0 Å². The van der Waals surface area contributed by atoms with Crippen molar-refractivity contribution < 1.29 is 17.0 Å². The summed E-state index contributed by atoms with van der Waals surface area (Å²) in [7, 11) is 17.1. The van der Waals surface area contributed by atoms with Crippen LogP contribution in [0.1, 0.15) is 0 Å². The van der Waals surface area contributed by atoms with Gasteiger partial charge in [0, 0.05) is 0 Å². The summed E-state index contributed by atoms with van der Waals surface area (Å²) in [6.45, 7) is 0. The Bertz CT molecular complexity index is 178. The molecule has 0 amide bonds. The number of halogens is 3. The Labute approximate surface area is 69.0 Å². The number of hydrogen-bond acceptors (Lipinski definition) is 0. The molecule has 1 aromatic heterocycles. The van der Waals surface area contributed by atoms with Gasteiger partial charge in [0.2, 0.25) is 0 Å². The van der Waals surface area contributed by atoms with Gasteiger partial charge in [0.15, 0.2) is 0 Å². The molecule has 1 aromatic rings. The van der Waals surface area contributed by atoms with Crippen molar-refractivity contribution in [1.82, 2.24) is 2.51 Å². The fourth-order valence-electron chi connectivity index (χ4n) is 0.504. The van der Waals surface area contributed by atoms with Gasteiger partial charge in [-0.05, 0) is 0 Å². The molecule has 0 unspecified atom stereocenters. The zero-order valence-electron chi connectivity index (χ0n) is 4.39. The van der Waals surface area contributed by atoms with Crippen molar-refractivity contribution in [2.75, 3.05) is 0 Å². The zero-order valence-corrected chi connectivity index (χ0v) is 9.12. The summed E-state index contributed by atoms with van der Waals surface area (Å²) in [6.07, 6.45) is 3.56. The Hall–Kier alpha value is 1.03. The molecule has 1 rings (SSSR count). The topological polar surface area (TPSA) is 4.93 Å². The predicted molar refractivity (Wildman–Crippen MR) is 37.4 cm³/mol. The van der Waals surface area contributed by atoms with Gasteiger partial charge in [-0.2, -0.15) is 0 Å². The molecule has 1 nitrogen and oxygen atoms in total. The normalized spacial score (nSPS) is 11.9. The molecule has 50 valence electrons. The minimum atomic E-state index is -3.32. The molecule has 0 N–H and O–H groups in total. The first-order chi connectivity index (χ1) is 4.11. The summed E-state index contributed by atoms with van der Waals surface area (Å²) in [5, 5.41) is 0. The van der Waals surface area contributed by atoms with Crippen molar-refractivity contribution in [3.05, 3.63) is 24.5 Å². The summed E-state index contributed by atoms with van der Waals surface area (Å²) >= 11 is -3.32. The number of rotatable bonds is 1. The molecule has 0 aliphatic rings. The first kappa shape index (κ1) is 8.13. The maximum absolute atomic E-state index is 5.70. The third-order valence-electron chi connectivity index (χ3n) is 0.897. The van der Waals surface area contributed by atoms with Crippen LogP contribution in [0.4, 0.5) is 0 Å². The second-order valence-electron chi connectivity index (χ2n) is 1.56. The van der Waals surface area contributed by atoms with Crippen molar-refractivity contribution in [2.24, 2.45) is 0 Å². The Morgan fingerprint density at radius 1 is 1.00 bits per heavy atom. The van der Waals surface area contributed by atoms with Gasteiger partial charge < -0.3 is 0 Å². The van der Waals surface area contributed by atoms with E-state index in [0.29, 0.717) is 0 Å². The SMILES string of the molecule is [Cl][Zr]([Cl])([Cl])[n]1cccc1. The van der Waals surface area contributed by atoms with Crippen molar-refractivity contribution in [1.29, 1.82) is 0 Å². The van der Waals surface area contributed by atoms with Crippen LogP contribution in [0.3, 0.4) is 0 Å². The Balaban J connectivity index is 2.90. The summed E-state index contributed by atoms with van der Waals surface area (Å²) in [5.41, 5.74) is 0. The van der Waals surface area contributed by atoms with E-state index in [1.54, 1.807) is 14.9 Å². The Morgan fingerprint density at radius 3 is 1.67 bits per heavy atom. The van der Waals surface area contributed by atoms with Crippen LogP contribution in [0.25, 0.3) is 0 Å². The van der Waals surface area contributed by atoms with Gasteiger partial charge in [0.1, 0.15) is 0 Å². The third kappa shape index (κ3) is 2.27. The summed E-state index contributed by atoms with van der Waals surface area (Å²) in [5.74, 6) is 0. The van der Waals surface area contributed by atoms with Gasteiger partial charge in [0.05, 0.1) is 0 Å². The van der Waals surface area contributed by atoms with Gasteiger partial charge in [-0.3, -0.25) is 0 Å². The van der Waals surface area contributed by atoms with Crippen molar-refractivity contribution in [2.45, 2.75) is 0 Å². The van der Waals surface area contributed by atoms with Gasteiger partial charge in [-0.1, -0.05) is 0 Å². The fourth-order valence-corrected chi connectivity index (χ4v) is 3.76. The van der Waals surface area contributed by atoms with Gasteiger partial charge in [0.25, 0.3) is 0 Å². The minimum absolute atomic E-state index is 1.69. The van der Waals surface area contributed by atoms with Gasteiger partial charge in [-0.15, -0.1) is 0 Å². The van der Waals surface area contributed by atoms with Crippen LogP contribution in [0.5, 0.6) is 0 Å². The number of hydrogen-bond donors (Lipinski definition) is 0. The van der Waals surface area contributed by atoms with E-state index in [1.165, 1.54) is 0 Å². The first-order valence-corrected chi connectivity index (χ1v) is 12.9. The molecular weight excluding hydrogens is 260 g/mol. The standard InChI is InChI=1S/C4H4N.3ClH.Zr/c1-2-4-5-3-1;;;;/h1-4H;3*1H;/q-1;;;;+4/p-3. The monoisotopic (exact) mass is 261 g/mol. The van der Waals surface area contributed by atoms with Crippen molar-refractivity contribution in [3.8, 4) is 0 Å². The molecule has 0 aliphatic heterocycles. The van der Waals surface area contributed by atoms with E-state index in [-0.39, 0.29) is 0 Å². The zero-order chi connectivity index (χ0) is 6.91. The van der Waals surface area contributed by atoms with Crippen LogP contribution in [-0.2, 0) is 17.0 Å². The molecule has 5 heteroatoms. The molecule has 9 heavy (non-hydrogen) atoms. The summed E-state index contributed by atoms with van der Waals surface area (Å²) < 4.78 is 1.69. The van der Waals surface area contributed by atoms with Crippen LogP contribution >= 0.6 is 25.5 Å². The van der Waals surface area contributed by atoms with E-state index in [9.17, 15) is 0 Å². The molecule has 0 aromatic carbocycles. The first-order valence-electron chi connectivity index (χ1n) is 2.31. The molecule has 1 heterocycles. The van der Waals surface area contributed by atoms with E-state index in [0.717, 1.165) is 0 Å². The average Bonchev–Trinajstić information content (AvgIpc) is 2.08. The molecule has 0 saturated heterocycles. The van der Waals surface area contributed by atoms with E-state index in [2.05, 4.69) is 0 Å². The molecule has 0 atom stereocenters. The number of aromatic nitrogens is 1. The molecule has 0 saturated carbocycles. The van der Waals surface area contributed by atoms with E-state index in [1.807, 2.05) is 12.1 Å². The van der Waals surface area contributed by atoms with Gasteiger partial charge >= 0.3 is 69.6 Å². The molecule has 0 spiro atoms. The quantitative estimate of drug-likeness (QED) is 0.734. The average molecular weight is 264 g/mol. The van der Waals surface area contributed by atoms with E-state index < -0.39 is 17.0 Å². The van der Waals surface area contributed by atoms with Crippen molar-refractivity contribution >= 4 is 25.5 Å². The summed E-state index contributed by atoms with van der Waals surface area (Å²) in [4.78, 5) is 0. The maximum atomic E-state index is 5.70. The number of nitrogens with zero attached hydrogens (tertiary/aromatic N) is 1. The molecule has 0 fully saturated rings.